The van der Waals surface area contributed by atoms with Crippen LogP contribution in [0, 0.1) is 5.41 Å². The number of nitrogens with zero attached hydrogens (tertiary/aromatic N) is 2. The van der Waals surface area contributed by atoms with Crippen LogP contribution < -0.4 is 5.32 Å². The number of rotatable bonds is 5. The first-order valence-electron chi connectivity index (χ1n) is 6.56. The van der Waals surface area contributed by atoms with E-state index in [0.29, 0.717) is 6.54 Å². The van der Waals surface area contributed by atoms with Gasteiger partial charge in [0.05, 0.1) is 6.61 Å². The highest BCUT2D eigenvalue weighted by Crippen LogP contribution is 2.35. The Morgan fingerprint density at radius 2 is 1.95 bits per heavy atom. The standard InChI is InChI=1S/C13H19N3O3/c17-9-13(4-2-1-3-5-13)8-16-11-10(12(18)19)14-6-7-15-11/h6-7,17H,1-5,8-9H2,(H,15,16)(H,18,19). The van der Waals surface area contributed by atoms with Crippen molar-refractivity contribution in [2.45, 2.75) is 32.1 Å². The van der Waals surface area contributed by atoms with E-state index < -0.39 is 5.97 Å². The predicted molar refractivity (Wildman–Crippen MR) is 70.1 cm³/mol. The zero-order chi connectivity index (χ0) is 13.7. The molecule has 0 amide bonds. The van der Waals surface area contributed by atoms with Crippen LogP contribution in [0.2, 0.25) is 0 Å². The second kappa shape index (κ2) is 5.97. The van der Waals surface area contributed by atoms with E-state index in [-0.39, 0.29) is 23.5 Å². The molecule has 19 heavy (non-hydrogen) atoms. The molecule has 104 valence electrons. The molecule has 3 N–H and O–H groups in total. The normalized spacial score (nSPS) is 17.9. The minimum atomic E-state index is -1.10. The summed E-state index contributed by atoms with van der Waals surface area (Å²) in [5, 5.41) is 21.7. The van der Waals surface area contributed by atoms with Gasteiger partial charge in [0.2, 0.25) is 0 Å². The lowest BCUT2D eigenvalue weighted by Gasteiger charge is -2.35. The van der Waals surface area contributed by atoms with Crippen LogP contribution in [0.5, 0.6) is 0 Å². The van der Waals surface area contributed by atoms with Gasteiger partial charge < -0.3 is 15.5 Å². The van der Waals surface area contributed by atoms with Gasteiger partial charge in [0.25, 0.3) is 0 Å². The van der Waals surface area contributed by atoms with E-state index in [4.69, 9.17) is 5.11 Å². The fraction of sp³-hybridized carbons (Fsp3) is 0.615. The lowest BCUT2D eigenvalue weighted by Crippen LogP contribution is -2.36. The average molecular weight is 265 g/mol. The molecule has 1 aliphatic rings. The van der Waals surface area contributed by atoms with Crippen molar-refractivity contribution in [1.82, 2.24) is 9.97 Å². The number of aliphatic hydroxyl groups is 1. The number of hydrogen-bond acceptors (Lipinski definition) is 5. The number of aromatic nitrogens is 2. The van der Waals surface area contributed by atoms with E-state index in [2.05, 4.69) is 15.3 Å². The first-order valence-corrected chi connectivity index (χ1v) is 6.56. The van der Waals surface area contributed by atoms with Crippen molar-refractivity contribution in [3.8, 4) is 0 Å². The zero-order valence-corrected chi connectivity index (χ0v) is 10.8. The van der Waals surface area contributed by atoms with Crippen LogP contribution in [0.1, 0.15) is 42.6 Å². The maximum Gasteiger partial charge on any atom is 0.358 e. The Kier molecular flexibility index (Phi) is 4.31. The summed E-state index contributed by atoms with van der Waals surface area (Å²) in [5.74, 6) is -0.828. The number of aromatic carboxylic acids is 1. The molecule has 0 atom stereocenters. The van der Waals surface area contributed by atoms with Gasteiger partial charge in [-0.3, -0.25) is 0 Å². The number of anilines is 1. The Labute approximate surface area is 111 Å². The van der Waals surface area contributed by atoms with Gasteiger partial charge in [0.15, 0.2) is 11.5 Å². The minimum Gasteiger partial charge on any atom is -0.476 e. The molecule has 0 saturated heterocycles. The van der Waals surface area contributed by atoms with Gasteiger partial charge in [-0.1, -0.05) is 19.3 Å². The summed E-state index contributed by atoms with van der Waals surface area (Å²) < 4.78 is 0. The quantitative estimate of drug-likeness (QED) is 0.747. The molecule has 1 saturated carbocycles. The lowest BCUT2D eigenvalue weighted by atomic mass is 9.74. The maximum atomic E-state index is 11.0. The molecule has 1 fully saturated rings. The topological polar surface area (TPSA) is 95.3 Å². The Balaban J connectivity index is 2.07. The summed E-state index contributed by atoms with van der Waals surface area (Å²) in [6.07, 6.45) is 8.15. The van der Waals surface area contributed by atoms with Crippen LogP contribution >= 0.6 is 0 Å². The number of carboxylic acids is 1. The largest absolute Gasteiger partial charge is 0.476 e. The van der Waals surface area contributed by atoms with Gasteiger partial charge >= 0.3 is 5.97 Å². The van der Waals surface area contributed by atoms with Gasteiger partial charge in [-0.05, 0) is 12.8 Å². The number of nitrogens with one attached hydrogen (secondary N) is 1. The van der Waals surface area contributed by atoms with Crippen molar-refractivity contribution in [1.29, 1.82) is 0 Å². The minimum absolute atomic E-state index is 0.0774. The second-order valence-corrected chi connectivity index (χ2v) is 5.13. The summed E-state index contributed by atoms with van der Waals surface area (Å²) in [6, 6.07) is 0. The molecule has 6 heteroatoms. The van der Waals surface area contributed by atoms with Crippen LogP contribution in [-0.2, 0) is 0 Å². The highest BCUT2D eigenvalue weighted by atomic mass is 16.4. The van der Waals surface area contributed by atoms with E-state index >= 15 is 0 Å². The molecule has 0 unspecified atom stereocenters. The van der Waals surface area contributed by atoms with Crippen molar-refractivity contribution in [2.24, 2.45) is 5.41 Å². The molecule has 0 aliphatic heterocycles. The van der Waals surface area contributed by atoms with Gasteiger partial charge in [0, 0.05) is 24.4 Å². The van der Waals surface area contributed by atoms with Crippen molar-refractivity contribution in [3.63, 3.8) is 0 Å². The summed E-state index contributed by atoms with van der Waals surface area (Å²) in [5.41, 5.74) is -0.239. The molecule has 0 spiro atoms. The van der Waals surface area contributed by atoms with Crippen LogP contribution in [0.25, 0.3) is 0 Å². The smallest absolute Gasteiger partial charge is 0.358 e. The number of carbonyl (C=O) groups is 1. The molecular formula is C13H19N3O3. The third-order valence-corrected chi connectivity index (χ3v) is 3.78. The Morgan fingerprint density at radius 3 is 2.58 bits per heavy atom. The van der Waals surface area contributed by atoms with Crippen LogP contribution in [0.4, 0.5) is 5.82 Å². The third kappa shape index (κ3) is 3.20. The first kappa shape index (κ1) is 13.7. The van der Waals surface area contributed by atoms with Crippen molar-refractivity contribution >= 4 is 11.8 Å². The molecule has 1 aliphatic carbocycles. The molecular weight excluding hydrogens is 246 g/mol. The van der Waals surface area contributed by atoms with Gasteiger partial charge in [-0.15, -0.1) is 0 Å². The first-order chi connectivity index (χ1) is 9.17. The summed E-state index contributed by atoms with van der Waals surface area (Å²) in [4.78, 5) is 18.8. The maximum absolute atomic E-state index is 11.0. The fourth-order valence-corrected chi connectivity index (χ4v) is 2.59. The Bertz CT molecular complexity index is 445. The number of hydrogen-bond donors (Lipinski definition) is 3. The zero-order valence-electron chi connectivity index (χ0n) is 10.8. The van der Waals surface area contributed by atoms with Crippen molar-refractivity contribution < 1.29 is 15.0 Å². The molecule has 0 aromatic carbocycles. The molecule has 1 aromatic heterocycles. The lowest BCUT2D eigenvalue weighted by molar-refractivity contribution is 0.0690. The van der Waals surface area contributed by atoms with Crippen LogP contribution in [0.15, 0.2) is 12.4 Å². The number of carboxylic acid groups (broad SMARTS) is 1. The summed E-state index contributed by atoms with van der Waals surface area (Å²) >= 11 is 0. The number of aliphatic hydroxyl groups excluding tert-OH is 1. The average Bonchev–Trinajstić information content (AvgIpc) is 2.46. The molecule has 1 heterocycles. The summed E-state index contributed by atoms with van der Waals surface area (Å²) in [7, 11) is 0. The van der Waals surface area contributed by atoms with Crippen molar-refractivity contribution in [3.05, 3.63) is 18.1 Å². The van der Waals surface area contributed by atoms with Crippen LogP contribution in [-0.4, -0.2) is 39.3 Å². The van der Waals surface area contributed by atoms with Gasteiger partial charge in [-0.2, -0.15) is 0 Å². The molecule has 0 radical (unpaired) electrons. The third-order valence-electron chi connectivity index (χ3n) is 3.78. The van der Waals surface area contributed by atoms with E-state index in [1.165, 1.54) is 18.8 Å². The van der Waals surface area contributed by atoms with Gasteiger partial charge in [0.1, 0.15) is 0 Å². The molecule has 0 bridgehead atoms. The summed E-state index contributed by atoms with van der Waals surface area (Å²) in [6.45, 7) is 0.644. The second-order valence-electron chi connectivity index (χ2n) is 5.13. The van der Waals surface area contributed by atoms with E-state index in [1.807, 2.05) is 0 Å². The van der Waals surface area contributed by atoms with Crippen molar-refractivity contribution in [2.75, 3.05) is 18.5 Å². The Hall–Kier alpha value is -1.69. The van der Waals surface area contributed by atoms with Gasteiger partial charge in [-0.25, -0.2) is 14.8 Å². The van der Waals surface area contributed by atoms with E-state index in [1.54, 1.807) is 0 Å². The molecule has 1 aromatic rings. The molecule has 2 rings (SSSR count). The highest BCUT2D eigenvalue weighted by Gasteiger charge is 2.31. The van der Waals surface area contributed by atoms with Crippen LogP contribution in [0.3, 0.4) is 0 Å². The Morgan fingerprint density at radius 1 is 1.26 bits per heavy atom. The SMILES string of the molecule is O=C(O)c1nccnc1NCC1(CO)CCCCC1. The van der Waals surface area contributed by atoms with E-state index in [0.717, 1.165) is 25.7 Å². The predicted octanol–water partition coefficient (Wildman–Crippen LogP) is 1.53. The van der Waals surface area contributed by atoms with E-state index in [9.17, 15) is 9.90 Å². The monoisotopic (exact) mass is 265 g/mol. The molecule has 6 nitrogen and oxygen atoms in total. The fourth-order valence-electron chi connectivity index (χ4n) is 2.59. The highest BCUT2D eigenvalue weighted by molar-refractivity contribution is 5.90.